The molecule has 0 radical (unpaired) electrons. The van der Waals surface area contributed by atoms with Crippen LogP contribution < -0.4 is 9.47 Å². The molecule has 0 atom stereocenters. The van der Waals surface area contributed by atoms with Crippen LogP contribution in [0.2, 0.25) is 0 Å². The first-order valence-corrected chi connectivity index (χ1v) is 11.0. The molecule has 3 rings (SSSR count). The van der Waals surface area contributed by atoms with E-state index in [2.05, 4.69) is 0 Å². The molecule has 2 aromatic carbocycles. The van der Waals surface area contributed by atoms with Gasteiger partial charge >= 0.3 is 0 Å². The molecule has 0 aliphatic carbocycles. The summed E-state index contributed by atoms with van der Waals surface area (Å²) in [5, 5.41) is 10.8. The molecule has 7 nitrogen and oxygen atoms in total. The van der Waals surface area contributed by atoms with Gasteiger partial charge in [0.05, 0.1) is 16.4 Å². The van der Waals surface area contributed by atoms with Crippen molar-refractivity contribution >= 4 is 46.0 Å². The summed E-state index contributed by atoms with van der Waals surface area (Å²) in [7, 11) is 0. The number of carbonyl (C=O) groups excluding carboxylic acids is 1. The van der Waals surface area contributed by atoms with Crippen LogP contribution in [0.25, 0.3) is 6.08 Å². The number of carbonyl (C=O) groups is 1. The average Bonchev–Trinajstić information content (AvgIpc) is 3.01. The zero-order valence-electron chi connectivity index (χ0n) is 17.2. The summed E-state index contributed by atoms with van der Waals surface area (Å²) in [5.74, 6) is 1.03. The Balaban J connectivity index is 1.76. The summed E-state index contributed by atoms with van der Waals surface area (Å²) in [5.41, 5.74) is 1.65. The van der Waals surface area contributed by atoms with Gasteiger partial charge in [-0.05, 0) is 54.8 Å². The first-order chi connectivity index (χ1) is 14.9. The van der Waals surface area contributed by atoms with Crippen LogP contribution in [0.3, 0.4) is 0 Å². The van der Waals surface area contributed by atoms with Crippen LogP contribution >= 0.6 is 24.0 Å². The number of non-ortho nitro benzene ring substituents is 1. The molecule has 1 aliphatic heterocycles. The van der Waals surface area contributed by atoms with E-state index in [1.807, 2.05) is 26.0 Å². The van der Waals surface area contributed by atoms with Gasteiger partial charge in [0, 0.05) is 18.7 Å². The van der Waals surface area contributed by atoms with Crippen LogP contribution in [0.4, 0.5) is 5.69 Å². The van der Waals surface area contributed by atoms with E-state index in [0.717, 1.165) is 17.5 Å². The SMILES string of the molecule is CCCN1C(=O)/C(=C/c2ccc(OCc3ccc([N+](=O)[O-])cc3)c(OCC)c2)SC1=S. The maximum atomic E-state index is 12.6. The summed E-state index contributed by atoms with van der Waals surface area (Å²) in [6.45, 7) is 5.19. The van der Waals surface area contributed by atoms with Crippen molar-refractivity contribution in [3.05, 3.63) is 68.6 Å². The van der Waals surface area contributed by atoms with Crippen LogP contribution in [-0.4, -0.2) is 33.2 Å². The van der Waals surface area contributed by atoms with E-state index in [0.29, 0.717) is 33.9 Å². The molecule has 1 heterocycles. The number of ether oxygens (including phenoxy) is 2. The number of nitrogens with zero attached hydrogens (tertiary/aromatic N) is 2. The summed E-state index contributed by atoms with van der Waals surface area (Å²) in [6, 6.07) is 11.7. The first-order valence-electron chi connectivity index (χ1n) is 9.81. The third kappa shape index (κ3) is 5.62. The van der Waals surface area contributed by atoms with E-state index in [-0.39, 0.29) is 18.2 Å². The molecule has 0 unspecified atom stereocenters. The van der Waals surface area contributed by atoms with E-state index in [1.54, 1.807) is 29.2 Å². The molecule has 0 bridgehead atoms. The molecule has 162 valence electrons. The fourth-order valence-electron chi connectivity index (χ4n) is 2.94. The molecule has 0 saturated carbocycles. The second-order valence-corrected chi connectivity index (χ2v) is 8.36. The van der Waals surface area contributed by atoms with Gasteiger partial charge in [0.25, 0.3) is 11.6 Å². The number of rotatable bonds is 9. The number of hydrogen-bond donors (Lipinski definition) is 0. The molecule has 0 spiro atoms. The van der Waals surface area contributed by atoms with Crippen LogP contribution in [0.5, 0.6) is 11.5 Å². The zero-order chi connectivity index (χ0) is 22.4. The lowest BCUT2D eigenvalue weighted by molar-refractivity contribution is -0.384. The average molecular weight is 459 g/mol. The minimum Gasteiger partial charge on any atom is -0.490 e. The van der Waals surface area contributed by atoms with Crippen molar-refractivity contribution in [2.24, 2.45) is 0 Å². The molecule has 1 saturated heterocycles. The highest BCUT2D eigenvalue weighted by atomic mass is 32.2. The van der Waals surface area contributed by atoms with Gasteiger partial charge in [-0.1, -0.05) is 37.0 Å². The number of thioether (sulfide) groups is 1. The predicted molar refractivity (Wildman–Crippen MR) is 125 cm³/mol. The minimum absolute atomic E-state index is 0.0347. The van der Waals surface area contributed by atoms with E-state index < -0.39 is 4.92 Å². The Morgan fingerprint density at radius 3 is 2.52 bits per heavy atom. The summed E-state index contributed by atoms with van der Waals surface area (Å²) in [4.78, 5) is 25.1. The number of nitro groups is 1. The van der Waals surface area contributed by atoms with E-state index in [4.69, 9.17) is 21.7 Å². The molecule has 1 fully saturated rings. The van der Waals surface area contributed by atoms with Crippen LogP contribution in [-0.2, 0) is 11.4 Å². The highest BCUT2D eigenvalue weighted by molar-refractivity contribution is 8.26. The number of thiocarbonyl (C=S) groups is 1. The molecule has 9 heteroatoms. The maximum Gasteiger partial charge on any atom is 0.269 e. The first kappa shape index (κ1) is 22.8. The standard InChI is InChI=1S/C22H22N2O5S2/c1-3-11-23-21(25)20(31-22(23)30)13-16-7-10-18(19(12-16)28-4-2)29-14-15-5-8-17(9-6-15)24(26)27/h5-10,12-13H,3-4,11,14H2,1-2H3/b20-13-. The van der Waals surface area contributed by atoms with Crippen molar-refractivity contribution in [2.45, 2.75) is 26.9 Å². The quantitative estimate of drug-likeness (QED) is 0.221. The third-order valence-corrected chi connectivity index (χ3v) is 5.81. The van der Waals surface area contributed by atoms with Gasteiger partial charge in [-0.25, -0.2) is 0 Å². The van der Waals surface area contributed by atoms with E-state index in [1.165, 1.54) is 23.9 Å². The summed E-state index contributed by atoms with van der Waals surface area (Å²) < 4.78 is 12.2. The monoisotopic (exact) mass is 458 g/mol. The fraction of sp³-hybridized carbons (Fsp3) is 0.273. The highest BCUT2D eigenvalue weighted by Crippen LogP contribution is 2.35. The van der Waals surface area contributed by atoms with Crippen molar-refractivity contribution < 1.29 is 19.2 Å². The lowest BCUT2D eigenvalue weighted by atomic mass is 10.1. The lowest BCUT2D eigenvalue weighted by Crippen LogP contribution is -2.28. The van der Waals surface area contributed by atoms with Crippen LogP contribution in [0, 0.1) is 10.1 Å². The molecule has 2 aromatic rings. The third-order valence-electron chi connectivity index (χ3n) is 4.43. The smallest absolute Gasteiger partial charge is 0.269 e. The van der Waals surface area contributed by atoms with Crippen molar-refractivity contribution in [3.8, 4) is 11.5 Å². The molecule has 1 aliphatic rings. The maximum absolute atomic E-state index is 12.6. The van der Waals surface area contributed by atoms with Crippen molar-refractivity contribution in [2.75, 3.05) is 13.2 Å². The van der Waals surface area contributed by atoms with E-state index >= 15 is 0 Å². The van der Waals surface area contributed by atoms with Gasteiger partial charge in [-0.15, -0.1) is 0 Å². The summed E-state index contributed by atoms with van der Waals surface area (Å²) in [6.07, 6.45) is 2.65. The van der Waals surface area contributed by atoms with Gasteiger partial charge in [0.1, 0.15) is 10.9 Å². The lowest BCUT2D eigenvalue weighted by Gasteiger charge is -2.13. The number of nitro benzene ring substituents is 1. The second-order valence-electron chi connectivity index (χ2n) is 6.68. The van der Waals surface area contributed by atoms with Gasteiger partial charge < -0.3 is 9.47 Å². The largest absolute Gasteiger partial charge is 0.490 e. The normalized spacial score (nSPS) is 14.9. The van der Waals surface area contributed by atoms with E-state index in [9.17, 15) is 14.9 Å². The molecule has 1 amide bonds. The van der Waals surface area contributed by atoms with Gasteiger partial charge in [0.2, 0.25) is 0 Å². The van der Waals surface area contributed by atoms with Crippen LogP contribution in [0.1, 0.15) is 31.4 Å². The Morgan fingerprint density at radius 1 is 1.13 bits per heavy atom. The Morgan fingerprint density at radius 2 is 1.87 bits per heavy atom. The second kappa shape index (κ2) is 10.4. The van der Waals surface area contributed by atoms with Gasteiger partial charge in [0.15, 0.2) is 11.5 Å². The number of hydrogen-bond acceptors (Lipinski definition) is 7. The Hall–Kier alpha value is -2.91. The van der Waals surface area contributed by atoms with Gasteiger partial charge in [-0.3, -0.25) is 19.8 Å². The molecule has 31 heavy (non-hydrogen) atoms. The van der Waals surface area contributed by atoms with Crippen molar-refractivity contribution in [3.63, 3.8) is 0 Å². The number of amides is 1. The molecule has 0 N–H and O–H groups in total. The van der Waals surface area contributed by atoms with Crippen molar-refractivity contribution in [1.82, 2.24) is 4.90 Å². The zero-order valence-corrected chi connectivity index (χ0v) is 18.8. The molecule has 0 aromatic heterocycles. The minimum atomic E-state index is -0.438. The summed E-state index contributed by atoms with van der Waals surface area (Å²) >= 11 is 6.61. The Bertz CT molecular complexity index is 1020. The van der Waals surface area contributed by atoms with Crippen molar-refractivity contribution in [1.29, 1.82) is 0 Å². The number of benzene rings is 2. The Kier molecular flexibility index (Phi) is 7.64. The topological polar surface area (TPSA) is 81.9 Å². The fourth-order valence-corrected chi connectivity index (χ4v) is 4.25. The molecular weight excluding hydrogens is 436 g/mol. The molecular formula is C22H22N2O5S2. The van der Waals surface area contributed by atoms with Gasteiger partial charge in [-0.2, -0.15) is 0 Å². The van der Waals surface area contributed by atoms with Crippen LogP contribution in [0.15, 0.2) is 47.4 Å². The highest BCUT2D eigenvalue weighted by Gasteiger charge is 2.31. The predicted octanol–water partition coefficient (Wildman–Crippen LogP) is 5.18. The Labute approximate surface area is 190 Å².